The van der Waals surface area contributed by atoms with E-state index >= 15 is 0 Å². The van der Waals surface area contributed by atoms with Crippen LogP contribution in [0.5, 0.6) is 11.5 Å². The molecule has 0 radical (unpaired) electrons. The van der Waals surface area contributed by atoms with Crippen LogP contribution in [-0.2, 0) is 6.54 Å². The number of aromatic amines is 2. The lowest BCUT2D eigenvalue weighted by molar-refractivity contribution is 0.171. The Morgan fingerprint density at radius 2 is 1.76 bits per heavy atom. The van der Waals surface area contributed by atoms with Crippen molar-refractivity contribution in [1.29, 1.82) is 0 Å². The highest BCUT2D eigenvalue weighted by atomic mass is 16.6. The van der Waals surface area contributed by atoms with Gasteiger partial charge in [0.05, 0.1) is 11.9 Å². The van der Waals surface area contributed by atoms with Crippen LogP contribution in [0.25, 0.3) is 22.6 Å². The Morgan fingerprint density at radius 3 is 2.55 bits per heavy atom. The predicted octanol–water partition coefficient (Wildman–Crippen LogP) is 3.55. The zero-order valence-electron chi connectivity index (χ0n) is 15.9. The Balaban J connectivity index is 1.30. The molecule has 0 fully saturated rings. The molecular weight excluding hydrogens is 368 g/mol. The van der Waals surface area contributed by atoms with E-state index in [1.807, 2.05) is 55.6 Å². The van der Waals surface area contributed by atoms with E-state index in [2.05, 4.69) is 30.7 Å². The summed E-state index contributed by atoms with van der Waals surface area (Å²) in [5.74, 6) is 3.04. The average molecular weight is 388 g/mol. The molecule has 3 heterocycles. The highest BCUT2D eigenvalue weighted by Crippen LogP contribution is 2.35. The molecule has 0 saturated carbocycles. The summed E-state index contributed by atoms with van der Waals surface area (Å²) in [6.45, 7) is 3.67. The number of fused-ring (bicyclic) bond motifs is 1. The number of anilines is 1. The van der Waals surface area contributed by atoms with Crippen LogP contribution >= 0.6 is 0 Å². The smallest absolute Gasteiger partial charge is 0.181 e. The summed E-state index contributed by atoms with van der Waals surface area (Å²) >= 11 is 0. The maximum Gasteiger partial charge on any atom is 0.181 e. The van der Waals surface area contributed by atoms with Crippen LogP contribution in [0.3, 0.4) is 0 Å². The molecule has 8 heteroatoms. The van der Waals surface area contributed by atoms with Gasteiger partial charge in [-0.2, -0.15) is 10.2 Å². The summed E-state index contributed by atoms with van der Waals surface area (Å²) in [5, 5.41) is 17.8. The number of hydrogen-bond donors (Lipinski definition) is 3. The molecule has 2 aromatic carbocycles. The van der Waals surface area contributed by atoms with Crippen molar-refractivity contribution in [2.24, 2.45) is 0 Å². The van der Waals surface area contributed by atoms with Crippen LogP contribution in [0.15, 0.2) is 48.7 Å². The number of nitrogens with one attached hydrogen (secondary N) is 3. The van der Waals surface area contributed by atoms with Crippen LogP contribution in [-0.4, -0.2) is 38.6 Å². The highest BCUT2D eigenvalue weighted by Gasteiger charge is 2.15. The molecule has 29 heavy (non-hydrogen) atoms. The molecule has 2 aromatic heterocycles. The van der Waals surface area contributed by atoms with Crippen molar-refractivity contribution < 1.29 is 9.47 Å². The van der Waals surface area contributed by atoms with Gasteiger partial charge >= 0.3 is 0 Å². The van der Waals surface area contributed by atoms with E-state index in [4.69, 9.17) is 9.47 Å². The summed E-state index contributed by atoms with van der Waals surface area (Å²) in [4.78, 5) is 4.35. The van der Waals surface area contributed by atoms with Gasteiger partial charge in [-0.3, -0.25) is 10.2 Å². The Morgan fingerprint density at radius 1 is 0.966 bits per heavy atom. The van der Waals surface area contributed by atoms with Crippen molar-refractivity contribution >= 4 is 5.69 Å². The predicted molar refractivity (Wildman–Crippen MR) is 109 cm³/mol. The van der Waals surface area contributed by atoms with Gasteiger partial charge in [0.25, 0.3) is 0 Å². The Bertz CT molecular complexity index is 1130. The van der Waals surface area contributed by atoms with Gasteiger partial charge < -0.3 is 14.8 Å². The minimum Gasteiger partial charge on any atom is -0.486 e. The lowest BCUT2D eigenvalue weighted by atomic mass is 10.1. The molecule has 0 atom stereocenters. The standard InChI is InChI=1S/C21H20N6O2/c1-13-24-21(27-25-13)14-2-5-17(6-3-14)22-11-16-12-23-26-20(16)15-4-7-18-19(10-15)29-9-8-28-18/h2-7,10,12,22H,8-9,11H2,1H3,(H,23,26)(H,24,25,27). The van der Waals surface area contributed by atoms with Gasteiger partial charge in [-0.15, -0.1) is 0 Å². The van der Waals surface area contributed by atoms with Gasteiger partial charge in [0.15, 0.2) is 17.3 Å². The molecule has 4 aromatic rings. The fourth-order valence-corrected chi connectivity index (χ4v) is 3.30. The Hall–Kier alpha value is -3.81. The third kappa shape index (κ3) is 3.52. The second kappa shape index (κ2) is 7.31. The molecule has 0 spiro atoms. The molecule has 0 aliphatic carbocycles. The number of benzene rings is 2. The minimum atomic E-state index is 0.567. The lowest BCUT2D eigenvalue weighted by Gasteiger charge is -2.18. The van der Waals surface area contributed by atoms with Gasteiger partial charge in [-0.1, -0.05) is 0 Å². The van der Waals surface area contributed by atoms with Crippen molar-refractivity contribution in [3.05, 3.63) is 60.0 Å². The van der Waals surface area contributed by atoms with Crippen LogP contribution in [0.1, 0.15) is 11.4 Å². The molecule has 8 nitrogen and oxygen atoms in total. The molecule has 0 bridgehead atoms. The fraction of sp³-hybridized carbons (Fsp3) is 0.190. The van der Waals surface area contributed by atoms with E-state index in [9.17, 15) is 0 Å². The van der Waals surface area contributed by atoms with Crippen LogP contribution in [0.4, 0.5) is 5.69 Å². The average Bonchev–Trinajstić information content (AvgIpc) is 3.41. The van der Waals surface area contributed by atoms with Crippen LogP contribution < -0.4 is 14.8 Å². The van der Waals surface area contributed by atoms with Gasteiger partial charge in [0.2, 0.25) is 0 Å². The summed E-state index contributed by atoms with van der Waals surface area (Å²) in [7, 11) is 0. The SMILES string of the molecule is Cc1nc(-c2ccc(NCc3cn[nH]c3-c3ccc4c(c3)OCCO4)cc2)n[nH]1. The number of hydrogen-bond acceptors (Lipinski definition) is 6. The van der Waals surface area contributed by atoms with Crippen molar-refractivity contribution in [1.82, 2.24) is 25.4 Å². The van der Waals surface area contributed by atoms with Gasteiger partial charge in [0.1, 0.15) is 19.0 Å². The number of ether oxygens (including phenoxy) is 2. The second-order valence-corrected chi connectivity index (χ2v) is 6.80. The molecule has 3 N–H and O–H groups in total. The molecule has 1 aliphatic rings. The Kier molecular flexibility index (Phi) is 4.36. The molecule has 146 valence electrons. The number of H-pyrrole nitrogens is 2. The third-order valence-corrected chi connectivity index (χ3v) is 4.77. The largest absolute Gasteiger partial charge is 0.486 e. The van der Waals surface area contributed by atoms with Crippen LogP contribution in [0, 0.1) is 6.92 Å². The molecule has 0 amide bonds. The maximum absolute atomic E-state index is 5.69. The fourth-order valence-electron chi connectivity index (χ4n) is 3.30. The Labute approximate surface area is 167 Å². The van der Waals surface area contributed by atoms with Crippen molar-refractivity contribution in [3.8, 4) is 34.1 Å². The van der Waals surface area contributed by atoms with E-state index < -0.39 is 0 Å². The first-order valence-electron chi connectivity index (χ1n) is 9.42. The number of aromatic nitrogens is 5. The molecule has 1 aliphatic heterocycles. The number of nitrogens with zero attached hydrogens (tertiary/aromatic N) is 3. The zero-order valence-corrected chi connectivity index (χ0v) is 15.9. The molecular formula is C21H20N6O2. The number of rotatable bonds is 5. The molecule has 0 unspecified atom stereocenters. The minimum absolute atomic E-state index is 0.567. The summed E-state index contributed by atoms with van der Waals surface area (Å²) < 4.78 is 11.3. The summed E-state index contributed by atoms with van der Waals surface area (Å²) in [5.41, 5.74) is 5.02. The van der Waals surface area contributed by atoms with E-state index in [1.165, 1.54) is 0 Å². The van der Waals surface area contributed by atoms with Crippen LogP contribution in [0.2, 0.25) is 0 Å². The first-order valence-corrected chi connectivity index (χ1v) is 9.42. The first-order chi connectivity index (χ1) is 14.3. The topological polar surface area (TPSA) is 101 Å². The molecule has 5 rings (SSSR count). The van der Waals surface area contributed by atoms with Gasteiger partial charge in [-0.25, -0.2) is 4.98 Å². The van der Waals surface area contributed by atoms with E-state index in [0.717, 1.165) is 45.4 Å². The normalized spacial score (nSPS) is 12.7. The van der Waals surface area contributed by atoms with Crippen molar-refractivity contribution in [3.63, 3.8) is 0 Å². The quantitative estimate of drug-likeness (QED) is 0.483. The third-order valence-electron chi connectivity index (χ3n) is 4.77. The second-order valence-electron chi connectivity index (χ2n) is 6.80. The van der Waals surface area contributed by atoms with Crippen molar-refractivity contribution in [2.75, 3.05) is 18.5 Å². The summed E-state index contributed by atoms with van der Waals surface area (Å²) in [6.07, 6.45) is 1.84. The summed E-state index contributed by atoms with van der Waals surface area (Å²) in [6, 6.07) is 14.0. The van der Waals surface area contributed by atoms with E-state index in [1.54, 1.807) is 0 Å². The first kappa shape index (κ1) is 17.3. The maximum atomic E-state index is 5.69. The monoisotopic (exact) mass is 388 g/mol. The molecule has 0 saturated heterocycles. The highest BCUT2D eigenvalue weighted by molar-refractivity contribution is 5.67. The lowest BCUT2D eigenvalue weighted by Crippen LogP contribution is -2.15. The van der Waals surface area contributed by atoms with E-state index in [-0.39, 0.29) is 0 Å². The van der Waals surface area contributed by atoms with Gasteiger partial charge in [-0.05, 0) is 49.4 Å². The zero-order chi connectivity index (χ0) is 19.6. The van der Waals surface area contributed by atoms with Gasteiger partial charge in [0, 0.05) is 28.9 Å². The van der Waals surface area contributed by atoms with E-state index in [0.29, 0.717) is 25.6 Å². The van der Waals surface area contributed by atoms with Crippen molar-refractivity contribution in [2.45, 2.75) is 13.5 Å². The number of aryl methyl sites for hydroxylation is 1.